The minimum absolute atomic E-state index is 0.432. The Morgan fingerprint density at radius 3 is 3.00 bits per heavy atom. The molecule has 1 aromatic heterocycles. The molecule has 0 bridgehead atoms. The summed E-state index contributed by atoms with van der Waals surface area (Å²) in [6, 6.07) is 8.05. The summed E-state index contributed by atoms with van der Waals surface area (Å²) in [5.41, 5.74) is 2.10. The van der Waals surface area contributed by atoms with Crippen molar-refractivity contribution in [3.05, 3.63) is 35.0 Å². The highest BCUT2D eigenvalue weighted by molar-refractivity contribution is 6.35. The van der Waals surface area contributed by atoms with Gasteiger partial charge in [-0.2, -0.15) is 5.26 Å². The van der Waals surface area contributed by atoms with Crippen LogP contribution in [0.2, 0.25) is 5.02 Å². The van der Waals surface area contributed by atoms with E-state index in [0.717, 1.165) is 21.5 Å². The van der Waals surface area contributed by atoms with E-state index in [9.17, 15) is 0 Å². The Morgan fingerprint density at radius 1 is 1.50 bits per heavy atom. The first kappa shape index (κ1) is 9.11. The Kier molecular flexibility index (Phi) is 2.18. The summed E-state index contributed by atoms with van der Waals surface area (Å²) < 4.78 is 1.98. The number of hydrogen-bond donors (Lipinski definition) is 0. The van der Waals surface area contributed by atoms with Crippen molar-refractivity contribution in [2.75, 3.05) is 0 Å². The number of nitrogens with zero attached hydrogens (tertiary/aromatic N) is 2. The second kappa shape index (κ2) is 3.36. The van der Waals surface area contributed by atoms with Crippen molar-refractivity contribution in [3.63, 3.8) is 0 Å². The third-order valence-corrected chi connectivity index (χ3v) is 2.59. The molecule has 1 aromatic carbocycles. The second-order valence-electron chi connectivity index (χ2n) is 3.27. The maximum Gasteiger partial charge on any atom is 0.0669 e. The lowest BCUT2D eigenvalue weighted by Gasteiger charge is -1.97. The SMILES string of the molecule is Cn1cc(Cl)c2cc(CC#N)ccc21. The van der Waals surface area contributed by atoms with E-state index in [1.165, 1.54) is 0 Å². The van der Waals surface area contributed by atoms with Crippen molar-refractivity contribution in [2.24, 2.45) is 7.05 Å². The molecule has 0 saturated carbocycles. The molecule has 2 rings (SSSR count). The van der Waals surface area contributed by atoms with Crippen LogP contribution in [-0.2, 0) is 13.5 Å². The molecule has 70 valence electrons. The number of benzene rings is 1. The van der Waals surface area contributed by atoms with Gasteiger partial charge < -0.3 is 4.57 Å². The fraction of sp³-hybridized carbons (Fsp3) is 0.182. The van der Waals surface area contributed by atoms with Gasteiger partial charge in [0.05, 0.1) is 17.5 Å². The van der Waals surface area contributed by atoms with Crippen LogP contribution < -0.4 is 0 Å². The molecule has 0 unspecified atom stereocenters. The van der Waals surface area contributed by atoms with Gasteiger partial charge in [-0.15, -0.1) is 0 Å². The van der Waals surface area contributed by atoms with E-state index in [0.29, 0.717) is 6.42 Å². The predicted octanol–water partition coefficient (Wildman–Crippen LogP) is 2.90. The molecule has 0 spiro atoms. The lowest BCUT2D eigenvalue weighted by Crippen LogP contribution is -1.85. The zero-order valence-corrected chi connectivity index (χ0v) is 8.54. The molecule has 1 heterocycles. The average Bonchev–Trinajstić information content (AvgIpc) is 2.43. The Hall–Kier alpha value is -1.46. The zero-order chi connectivity index (χ0) is 10.1. The van der Waals surface area contributed by atoms with Gasteiger partial charge in [0.2, 0.25) is 0 Å². The molecule has 2 aromatic rings. The molecule has 0 aliphatic heterocycles. The number of aromatic nitrogens is 1. The smallest absolute Gasteiger partial charge is 0.0669 e. The Balaban J connectivity index is 2.66. The van der Waals surface area contributed by atoms with E-state index in [1.54, 1.807) is 0 Å². The summed E-state index contributed by atoms with van der Waals surface area (Å²) in [4.78, 5) is 0. The van der Waals surface area contributed by atoms with E-state index >= 15 is 0 Å². The molecule has 0 aliphatic rings. The lowest BCUT2D eigenvalue weighted by molar-refractivity contribution is 0.969. The number of nitriles is 1. The van der Waals surface area contributed by atoms with E-state index in [4.69, 9.17) is 16.9 Å². The van der Waals surface area contributed by atoms with Crippen LogP contribution in [0, 0.1) is 11.3 Å². The first-order valence-corrected chi connectivity index (χ1v) is 4.70. The van der Waals surface area contributed by atoms with Crippen LogP contribution in [-0.4, -0.2) is 4.57 Å². The van der Waals surface area contributed by atoms with Gasteiger partial charge in [-0.25, -0.2) is 0 Å². The van der Waals surface area contributed by atoms with Gasteiger partial charge in [0, 0.05) is 24.1 Å². The van der Waals surface area contributed by atoms with Gasteiger partial charge in [0.15, 0.2) is 0 Å². The first-order valence-electron chi connectivity index (χ1n) is 4.33. The Labute approximate surface area is 87.3 Å². The molecule has 2 nitrogen and oxygen atoms in total. The van der Waals surface area contributed by atoms with Gasteiger partial charge in [0.25, 0.3) is 0 Å². The van der Waals surface area contributed by atoms with Gasteiger partial charge in [-0.05, 0) is 17.7 Å². The third kappa shape index (κ3) is 1.36. The molecule has 0 saturated heterocycles. The summed E-state index contributed by atoms with van der Waals surface area (Å²) in [6.45, 7) is 0. The molecule has 0 N–H and O–H groups in total. The number of fused-ring (bicyclic) bond motifs is 1. The Bertz CT molecular complexity index is 520. The molecule has 0 aliphatic carbocycles. The minimum Gasteiger partial charge on any atom is -0.349 e. The zero-order valence-electron chi connectivity index (χ0n) is 7.79. The Morgan fingerprint density at radius 2 is 2.29 bits per heavy atom. The first-order chi connectivity index (χ1) is 6.72. The highest BCUT2D eigenvalue weighted by atomic mass is 35.5. The summed E-state index contributed by atoms with van der Waals surface area (Å²) in [6.07, 6.45) is 2.31. The summed E-state index contributed by atoms with van der Waals surface area (Å²) in [7, 11) is 1.96. The van der Waals surface area contributed by atoms with Crippen LogP contribution >= 0.6 is 11.6 Å². The molecule has 0 fully saturated rings. The topological polar surface area (TPSA) is 28.7 Å². The predicted molar refractivity (Wildman–Crippen MR) is 57.2 cm³/mol. The molecule has 0 radical (unpaired) electrons. The van der Waals surface area contributed by atoms with Crippen molar-refractivity contribution in [3.8, 4) is 6.07 Å². The van der Waals surface area contributed by atoms with Crippen molar-refractivity contribution in [1.82, 2.24) is 4.57 Å². The van der Waals surface area contributed by atoms with Gasteiger partial charge in [-0.1, -0.05) is 17.7 Å². The highest BCUT2D eigenvalue weighted by Gasteiger charge is 2.04. The molecular formula is C11H9ClN2. The lowest BCUT2D eigenvalue weighted by atomic mass is 10.1. The van der Waals surface area contributed by atoms with Crippen LogP contribution in [0.4, 0.5) is 0 Å². The van der Waals surface area contributed by atoms with Gasteiger partial charge >= 0.3 is 0 Å². The number of hydrogen-bond acceptors (Lipinski definition) is 1. The molecule has 0 atom stereocenters. The molecule has 0 amide bonds. The van der Waals surface area contributed by atoms with Crippen molar-refractivity contribution < 1.29 is 0 Å². The second-order valence-corrected chi connectivity index (χ2v) is 3.68. The van der Waals surface area contributed by atoms with Crippen molar-refractivity contribution in [1.29, 1.82) is 5.26 Å². The maximum absolute atomic E-state index is 8.58. The normalized spacial score (nSPS) is 10.4. The maximum atomic E-state index is 8.58. The number of rotatable bonds is 1. The van der Waals surface area contributed by atoms with Gasteiger partial charge in [0.1, 0.15) is 0 Å². The standard InChI is InChI=1S/C11H9ClN2/c1-14-7-10(12)9-6-8(4-5-13)2-3-11(9)14/h2-3,6-7H,4H2,1H3. The summed E-state index contributed by atoms with van der Waals surface area (Å²) in [5, 5.41) is 10.3. The van der Waals surface area contributed by atoms with Crippen LogP contribution in [0.15, 0.2) is 24.4 Å². The fourth-order valence-corrected chi connectivity index (χ4v) is 1.89. The third-order valence-electron chi connectivity index (χ3n) is 2.29. The molecule has 3 heteroatoms. The summed E-state index contributed by atoms with van der Waals surface area (Å²) >= 11 is 6.05. The van der Waals surface area contributed by atoms with Crippen LogP contribution in [0.25, 0.3) is 10.9 Å². The van der Waals surface area contributed by atoms with E-state index in [-0.39, 0.29) is 0 Å². The van der Waals surface area contributed by atoms with Crippen molar-refractivity contribution >= 4 is 22.5 Å². The monoisotopic (exact) mass is 204 g/mol. The van der Waals surface area contributed by atoms with E-state index in [2.05, 4.69) is 6.07 Å². The van der Waals surface area contributed by atoms with Crippen LogP contribution in [0.3, 0.4) is 0 Å². The van der Waals surface area contributed by atoms with E-state index in [1.807, 2.05) is 36.0 Å². The van der Waals surface area contributed by atoms with Gasteiger partial charge in [-0.3, -0.25) is 0 Å². The quantitative estimate of drug-likeness (QED) is 0.702. The number of aryl methyl sites for hydroxylation is 1. The molecule has 14 heavy (non-hydrogen) atoms. The highest BCUT2D eigenvalue weighted by Crippen LogP contribution is 2.25. The largest absolute Gasteiger partial charge is 0.349 e. The average molecular weight is 205 g/mol. The fourth-order valence-electron chi connectivity index (χ4n) is 1.59. The molecular weight excluding hydrogens is 196 g/mol. The van der Waals surface area contributed by atoms with Crippen molar-refractivity contribution in [2.45, 2.75) is 6.42 Å². The van der Waals surface area contributed by atoms with Crippen LogP contribution in [0.5, 0.6) is 0 Å². The van der Waals surface area contributed by atoms with E-state index < -0.39 is 0 Å². The number of halogens is 1. The summed E-state index contributed by atoms with van der Waals surface area (Å²) in [5.74, 6) is 0. The minimum atomic E-state index is 0.432. The van der Waals surface area contributed by atoms with Crippen LogP contribution in [0.1, 0.15) is 5.56 Å².